The minimum Gasteiger partial charge on any atom is -0.420 e. The molecule has 16 heavy (non-hydrogen) atoms. The van der Waals surface area contributed by atoms with Crippen LogP contribution in [0.2, 0.25) is 0 Å². The van der Waals surface area contributed by atoms with Gasteiger partial charge >= 0.3 is 12.1 Å². The van der Waals surface area contributed by atoms with Crippen LogP contribution in [-0.2, 0) is 11.2 Å². The Hall–Kier alpha value is -1.78. The van der Waals surface area contributed by atoms with Crippen molar-refractivity contribution in [1.29, 1.82) is 0 Å². The van der Waals surface area contributed by atoms with Crippen LogP contribution in [0.15, 0.2) is 24.3 Å². The van der Waals surface area contributed by atoms with E-state index in [1.807, 2.05) is 6.08 Å². The predicted molar refractivity (Wildman–Crippen MR) is 50.9 cm³/mol. The van der Waals surface area contributed by atoms with Gasteiger partial charge in [0, 0.05) is 0 Å². The lowest BCUT2D eigenvalue weighted by Crippen LogP contribution is -2.27. The van der Waals surface area contributed by atoms with Crippen molar-refractivity contribution in [2.45, 2.75) is 12.6 Å². The van der Waals surface area contributed by atoms with Gasteiger partial charge in [-0.25, -0.2) is 4.79 Å². The van der Waals surface area contributed by atoms with Gasteiger partial charge in [-0.15, -0.1) is 0 Å². The molecule has 2 nitrogen and oxygen atoms in total. The number of ether oxygens (including phenoxy) is 1. The molecule has 1 aliphatic carbocycles. The normalized spacial score (nSPS) is 13.7. The van der Waals surface area contributed by atoms with Crippen molar-refractivity contribution in [2.24, 2.45) is 0 Å². The largest absolute Gasteiger partial charge is 0.491 e. The molecule has 0 heterocycles. The lowest BCUT2D eigenvalue weighted by molar-refractivity contribution is -0.189. The molecule has 84 valence electrons. The molecule has 5 heteroatoms. The van der Waals surface area contributed by atoms with Gasteiger partial charge in [-0.3, -0.25) is 0 Å². The Balaban J connectivity index is 2.17. The Morgan fingerprint density at radius 1 is 1.31 bits per heavy atom. The van der Waals surface area contributed by atoms with Crippen LogP contribution < -0.4 is 4.74 Å². The summed E-state index contributed by atoms with van der Waals surface area (Å²) >= 11 is 0. The van der Waals surface area contributed by atoms with Crippen molar-refractivity contribution in [3.8, 4) is 5.75 Å². The number of hydrogen-bond acceptors (Lipinski definition) is 2. The van der Waals surface area contributed by atoms with Gasteiger partial charge in [-0.2, -0.15) is 13.2 Å². The van der Waals surface area contributed by atoms with E-state index >= 15 is 0 Å². The van der Waals surface area contributed by atoms with Crippen LogP contribution in [0, 0.1) is 0 Å². The van der Waals surface area contributed by atoms with E-state index < -0.39 is 12.1 Å². The Morgan fingerprint density at radius 2 is 2.06 bits per heavy atom. The fraction of sp³-hybridized carbons (Fsp3) is 0.182. The third-order valence-electron chi connectivity index (χ3n) is 2.19. The average Bonchev–Trinajstić information content (AvgIpc) is 2.63. The maximum atomic E-state index is 11.9. The van der Waals surface area contributed by atoms with E-state index in [0.29, 0.717) is 0 Å². The van der Waals surface area contributed by atoms with E-state index in [0.717, 1.165) is 17.5 Å². The lowest BCUT2D eigenvalue weighted by Gasteiger charge is -2.07. The molecule has 0 amide bonds. The van der Waals surface area contributed by atoms with Crippen molar-refractivity contribution in [2.75, 3.05) is 0 Å². The second-order valence-corrected chi connectivity index (χ2v) is 3.35. The lowest BCUT2D eigenvalue weighted by atomic mass is 10.1. The second kappa shape index (κ2) is 3.66. The Bertz CT molecular complexity index is 461. The molecule has 0 saturated heterocycles. The first-order chi connectivity index (χ1) is 7.47. The molecule has 0 saturated carbocycles. The van der Waals surface area contributed by atoms with Crippen molar-refractivity contribution in [3.63, 3.8) is 0 Å². The summed E-state index contributed by atoms with van der Waals surface area (Å²) in [7, 11) is 0. The number of halogens is 3. The summed E-state index contributed by atoms with van der Waals surface area (Å²) in [5, 5.41) is 0. The summed E-state index contributed by atoms with van der Waals surface area (Å²) in [5.41, 5.74) is 1.79. The summed E-state index contributed by atoms with van der Waals surface area (Å²) in [6.07, 6.45) is -0.544. The molecule has 0 bridgehead atoms. The van der Waals surface area contributed by atoms with Gasteiger partial charge < -0.3 is 4.74 Å². The first kappa shape index (κ1) is 10.7. The predicted octanol–water partition coefficient (Wildman–Crippen LogP) is 2.72. The van der Waals surface area contributed by atoms with Gasteiger partial charge in [-0.1, -0.05) is 18.2 Å². The van der Waals surface area contributed by atoms with Crippen LogP contribution in [0.1, 0.15) is 11.1 Å². The molecule has 0 fully saturated rings. The summed E-state index contributed by atoms with van der Waals surface area (Å²) in [6, 6.07) is 4.42. The van der Waals surface area contributed by atoms with E-state index in [1.165, 1.54) is 12.1 Å². The number of alkyl halides is 3. The van der Waals surface area contributed by atoms with Gasteiger partial charge in [0.1, 0.15) is 5.75 Å². The molecular formula is C11H7F3O2. The molecule has 0 atom stereocenters. The standard InChI is InChI=1S/C11H7F3O2/c12-11(13,14)10(15)16-9-5-4-7-2-1-3-8(7)6-9/h1,3-6H,2H2. The summed E-state index contributed by atoms with van der Waals surface area (Å²) < 4.78 is 40.0. The van der Waals surface area contributed by atoms with E-state index in [-0.39, 0.29) is 5.75 Å². The zero-order valence-corrected chi connectivity index (χ0v) is 8.04. The molecule has 0 aromatic heterocycles. The summed E-state index contributed by atoms with van der Waals surface area (Å²) in [5.74, 6) is -2.29. The number of allylic oxidation sites excluding steroid dienone is 1. The molecular weight excluding hydrogens is 221 g/mol. The van der Waals surface area contributed by atoms with E-state index in [2.05, 4.69) is 4.74 Å². The van der Waals surface area contributed by atoms with Gasteiger partial charge in [0.05, 0.1) is 0 Å². The van der Waals surface area contributed by atoms with Crippen LogP contribution in [0.4, 0.5) is 13.2 Å². The van der Waals surface area contributed by atoms with Crippen LogP contribution in [0.3, 0.4) is 0 Å². The van der Waals surface area contributed by atoms with Crippen LogP contribution in [0.25, 0.3) is 6.08 Å². The highest BCUT2D eigenvalue weighted by molar-refractivity contribution is 5.78. The molecule has 0 spiro atoms. The van der Waals surface area contributed by atoms with Crippen molar-refractivity contribution in [3.05, 3.63) is 35.4 Å². The quantitative estimate of drug-likeness (QED) is 0.545. The van der Waals surface area contributed by atoms with Crippen molar-refractivity contribution in [1.82, 2.24) is 0 Å². The molecule has 1 aliphatic rings. The number of fused-ring (bicyclic) bond motifs is 1. The fourth-order valence-corrected chi connectivity index (χ4v) is 1.46. The molecule has 0 aliphatic heterocycles. The number of benzene rings is 1. The summed E-state index contributed by atoms with van der Waals surface area (Å²) in [6.45, 7) is 0. The summed E-state index contributed by atoms with van der Waals surface area (Å²) in [4.78, 5) is 10.6. The topological polar surface area (TPSA) is 26.3 Å². The molecule has 1 aromatic rings. The number of esters is 1. The zero-order valence-electron chi connectivity index (χ0n) is 8.04. The third kappa shape index (κ3) is 2.08. The average molecular weight is 228 g/mol. The third-order valence-corrected chi connectivity index (χ3v) is 2.19. The Kier molecular flexibility index (Phi) is 2.46. The molecule has 1 aromatic carbocycles. The van der Waals surface area contributed by atoms with Crippen molar-refractivity contribution < 1.29 is 22.7 Å². The zero-order chi connectivity index (χ0) is 11.8. The number of hydrogen-bond donors (Lipinski definition) is 0. The first-order valence-corrected chi connectivity index (χ1v) is 4.55. The van der Waals surface area contributed by atoms with Crippen LogP contribution in [0.5, 0.6) is 5.75 Å². The molecule has 0 unspecified atom stereocenters. The number of carbonyl (C=O) groups is 1. The van der Waals surface area contributed by atoms with Crippen molar-refractivity contribution >= 4 is 12.0 Å². The maximum Gasteiger partial charge on any atom is 0.491 e. The minimum atomic E-state index is -4.96. The molecule has 0 radical (unpaired) electrons. The smallest absolute Gasteiger partial charge is 0.420 e. The minimum absolute atomic E-state index is 0.0902. The highest BCUT2D eigenvalue weighted by atomic mass is 19.4. The second-order valence-electron chi connectivity index (χ2n) is 3.35. The van der Waals surface area contributed by atoms with E-state index in [9.17, 15) is 18.0 Å². The number of rotatable bonds is 1. The van der Waals surface area contributed by atoms with Gasteiger partial charge in [0.2, 0.25) is 0 Å². The fourth-order valence-electron chi connectivity index (χ4n) is 1.46. The highest BCUT2D eigenvalue weighted by Gasteiger charge is 2.41. The van der Waals surface area contributed by atoms with Gasteiger partial charge in [-0.05, 0) is 29.7 Å². The Labute approximate surface area is 89.3 Å². The maximum absolute atomic E-state index is 11.9. The van der Waals surface area contributed by atoms with Crippen LogP contribution in [-0.4, -0.2) is 12.1 Å². The van der Waals surface area contributed by atoms with Gasteiger partial charge in [0.25, 0.3) is 0 Å². The van der Waals surface area contributed by atoms with Crippen LogP contribution >= 0.6 is 0 Å². The van der Waals surface area contributed by atoms with E-state index in [4.69, 9.17) is 0 Å². The SMILES string of the molecule is O=C(Oc1ccc2c(c1)C=CC2)C(F)(F)F. The first-order valence-electron chi connectivity index (χ1n) is 4.55. The monoisotopic (exact) mass is 228 g/mol. The Morgan fingerprint density at radius 3 is 2.75 bits per heavy atom. The highest BCUT2D eigenvalue weighted by Crippen LogP contribution is 2.26. The van der Waals surface area contributed by atoms with E-state index in [1.54, 1.807) is 12.1 Å². The number of carbonyl (C=O) groups excluding carboxylic acids is 1. The molecule has 0 N–H and O–H groups in total. The van der Waals surface area contributed by atoms with Gasteiger partial charge in [0.15, 0.2) is 0 Å². The molecule has 2 rings (SSSR count).